The smallest absolute Gasteiger partial charge is 0.408 e. The molecule has 41 heavy (non-hydrogen) atoms. The first-order chi connectivity index (χ1) is 19.3. The largest absolute Gasteiger partial charge is 0.444 e. The summed E-state index contributed by atoms with van der Waals surface area (Å²) in [6, 6.07) is 16.3. The molecule has 1 fully saturated rings. The van der Waals surface area contributed by atoms with Crippen LogP contribution in [0.5, 0.6) is 0 Å². The number of hydrogen-bond donors (Lipinski definition) is 1. The maximum absolute atomic E-state index is 13.6. The third kappa shape index (κ3) is 5.86. The van der Waals surface area contributed by atoms with E-state index < -0.39 is 35.5 Å². The molecule has 1 aliphatic carbocycles. The van der Waals surface area contributed by atoms with Crippen LogP contribution in [0.3, 0.4) is 0 Å². The van der Waals surface area contributed by atoms with E-state index in [9.17, 15) is 22.8 Å². The zero-order valence-corrected chi connectivity index (χ0v) is 23.9. The molecule has 1 amide bonds. The summed E-state index contributed by atoms with van der Waals surface area (Å²) in [5.41, 5.74) is 0.459. The molecule has 11 heteroatoms. The van der Waals surface area contributed by atoms with Crippen LogP contribution in [-0.2, 0) is 16.8 Å². The molecule has 0 atom stereocenters. The second kappa shape index (κ2) is 10.6. The Morgan fingerprint density at radius 2 is 1.73 bits per heavy atom. The van der Waals surface area contributed by atoms with Gasteiger partial charge in [-0.3, -0.25) is 9.36 Å². The van der Waals surface area contributed by atoms with Crippen LogP contribution in [0.4, 0.5) is 18.0 Å². The minimum atomic E-state index is -4.61. The molecule has 0 unspecified atom stereocenters. The Kier molecular flexibility index (Phi) is 7.44. The van der Waals surface area contributed by atoms with Gasteiger partial charge in [-0.25, -0.2) is 4.79 Å². The first kappa shape index (κ1) is 28.8. The molecule has 7 nitrogen and oxygen atoms in total. The lowest BCUT2D eigenvalue weighted by Gasteiger charge is -2.43. The normalized spacial score (nSPS) is 15.0. The van der Waals surface area contributed by atoms with E-state index in [1.54, 1.807) is 51.3 Å². The Bertz CT molecular complexity index is 1630. The highest BCUT2D eigenvalue weighted by Gasteiger charge is 2.41. The van der Waals surface area contributed by atoms with Gasteiger partial charge in [0.1, 0.15) is 23.3 Å². The van der Waals surface area contributed by atoms with Crippen LogP contribution in [0.15, 0.2) is 69.0 Å². The van der Waals surface area contributed by atoms with Crippen molar-refractivity contribution in [1.29, 1.82) is 0 Å². The van der Waals surface area contributed by atoms with Crippen LogP contribution in [0.2, 0.25) is 0 Å². The van der Waals surface area contributed by atoms with Crippen molar-refractivity contribution in [3.63, 3.8) is 0 Å². The second-order valence-corrected chi connectivity index (χ2v) is 11.9. The molecule has 2 aromatic heterocycles. The number of aromatic nitrogens is 2. The van der Waals surface area contributed by atoms with Crippen LogP contribution in [0, 0.1) is 0 Å². The molecule has 0 radical (unpaired) electrons. The maximum Gasteiger partial charge on any atom is 0.408 e. The molecule has 2 aromatic carbocycles. The number of carbonyl (C=O) groups is 1. The van der Waals surface area contributed by atoms with Crippen LogP contribution in [-0.4, -0.2) is 33.7 Å². The van der Waals surface area contributed by atoms with Gasteiger partial charge in [-0.2, -0.15) is 18.2 Å². The number of nitrogens with zero attached hydrogens (tertiary/aromatic N) is 2. The number of hydrogen-bond acceptors (Lipinski definition) is 6. The Morgan fingerprint density at radius 3 is 2.27 bits per heavy atom. The van der Waals surface area contributed by atoms with Crippen molar-refractivity contribution in [3.8, 4) is 22.5 Å². The summed E-state index contributed by atoms with van der Waals surface area (Å²) in [4.78, 5) is 30.4. The van der Waals surface area contributed by atoms with E-state index >= 15 is 0 Å². The maximum atomic E-state index is 13.6. The monoisotopic (exact) mass is 585 g/mol. The molecule has 0 bridgehead atoms. The number of fused-ring (bicyclic) bond motifs is 1. The molecular weight excluding hydrogens is 555 g/mol. The number of ether oxygens (including phenoxy) is 1. The van der Waals surface area contributed by atoms with Gasteiger partial charge < -0.3 is 14.5 Å². The lowest BCUT2D eigenvalue weighted by molar-refractivity contribution is -0.142. The van der Waals surface area contributed by atoms with Gasteiger partial charge in [-0.15, -0.1) is 0 Å². The van der Waals surface area contributed by atoms with E-state index in [4.69, 9.17) is 9.15 Å². The molecule has 0 saturated heterocycles. The number of thioether (sulfide) groups is 1. The standard InChI is InChI=1S/C30H30F3N3O4S/c1-28(2,3)40-27(38)35-29(15-8-16-29)20-13-11-19(12-14-20)23-21(18-9-6-5-7-10-18)22-24(39-23)34-26(41-4)36(25(22)37)17-30(31,32)33/h5-7,9-14H,8,15-17H2,1-4H3,(H,35,38). The number of alkyl halides is 3. The SMILES string of the molecule is CSc1nc2oc(-c3ccc(C4(NC(=O)OC(C)(C)C)CCC4)cc3)c(-c3ccccc3)c2c(=O)n1CC(F)(F)F. The highest BCUT2D eigenvalue weighted by Crippen LogP contribution is 2.44. The summed E-state index contributed by atoms with van der Waals surface area (Å²) in [6.45, 7) is 3.96. The third-order valence-electron chi connectivity index (χ3n) is 7.01. The van der Waals surface area contributed by atoms with Crippen LogP contribution >= 0.6 is 11.8 Å². The van der Waals surface area contributed by atoms with Gasteiger partial charge in [0.15, 0.2) is 5.16 Å². The Hall–Kier alpha value is -3.73. The van der Waals surface area contributed by atoms with Gasteiger partial charge in [0.25, 0.3) is 5.56 Å². The van der Waals surface area contributed by atoms with Crippen LogP contribution in [0.1, 0.15) is 45.6 Å². The fourth-order valence-corrected chi connectivity index (χ4v) is 5.62. The van der Waals surface area contributed by atoms with Gasteiger partial charge in [0, 0.05) is 11.1 Å². The summed E-state index contributed by atoms with van der Waals surface area (Å²) in [5, 5.41) is 2.93. The summed E-state index contributed by atoms with van der Waals surface area (Å²) >= 11 is 0.941. The van der Waals surface area contributed by atoms with Crippen molar-refractivity contribution in [2.75, 3.05) is 6.26 Å². The predicted octanol–water partition coefficient (Wildman–Crippen LogP) is 7.51. The van der Waals surface area contributed by atoms with Crippen molar-refractivity contribution in [1.82, 2.24) is 14.9 Å². The van der Waals surface area contributed by atoms with Crippen LogP contribution in [0.25, 0.3) is 33.6 Å². The van der Waals surface area contributed by atoms with Crippen molar-refractivity contribution in [2.45, 2.75) is 69.1 Å². The highest BCUT2D eigenvalue weighted by atomic mass is 32.2. The van der Waals surface area contributed by atoms with E-state index in [-0.39, 0.29) is 16.3 Å². The number of alkyl carbamates (subject to hydrolysis) is 1. The van der Waals surface area contributed by atoms with Gasteiger partial charge in [0.05, 0.1) is 5.54 Å². The lowest BCUT2D eigenvalue weighted by Crippen LogP contribution is -2.52. The number of nitrogens with one attached hydrogen (secondary N) is 1. The zero-order chi connectivity index (χ0) is 29.6. The minimum absolute atomic E-state index is 0.0145. The number of amides is 1. The van der Waals surface area contributed by atoms with Crippen molar-refractivity contribution in [3.05, 3.63) is 70.5 Å². The Morgan fingerprint density at radius 1 is 1.07 bits per heavy atom. The number of benzene rings is 2. The van der Waals surface area contributed by atoms with E-state index in [0.29, 0.717) is 27.0 Å². The molecule has 0 aliphatic heterocycles. The van der Waals surface area contributed by atoms with E-state index in [0.717, 1.165) is 36.6 Å². The minimum Gasteiger partial charge on any atom is -0.444 e. The molecular formula is C30H30F3N3O4S. The highest BCUT2D eigenvalue weighted by molar-refractivity contribution is 7.98. The molecule has 1 N–H and O–H groups in total. The second-order valence-electron chi connectivity index (χ2n) is 11.1. The average Bonchev–Trinajstić information content (AvgIpc) is 3.26. The predicted molar refractivity (Wildman–Crippen MR) is 152 cm³/mol. The van der Waals surface area contributed by atoms with Crippen molar-refractivity contribution in [2.24, 2.45) is 0 Å². The molecule has 1 saturated carbocycles. The molecule has 0 spiro atoms. The van der Waals surface area contributed by atoms with Gasteiger partial charge in [0.2, 0.25) is 5.71 Å². The summed E-state index contributed by atoms with van der Waals surface area (Å²) in [5.74, 6) is 0.321. The Balaban J connectivity index is 1.61. The topological polar surface area (TPSA) is 86.4 Å². The molecule has 1 aliphatic rings. The average molecular weight is 586 g/mol. The molecule has 4 aromatic rings. The van der Waals surface area contributed by atoms with E-state index in [1.165, 1.54) is 0 Å². The van der Waals surface area contributed by atoms with Gasteiger partial charge >= 0.3 is 12.3 Å². The molecule has 5 rings (SSSR count). The van der Waals surface area contributed by atoms with Gasteiger partial charge in [-0.05, 0) is 57.4 Å². The number of rotatable bonds is 6. The number of furan rings is 1. The fourth-order valence-electron chi connectivity index (χ4n) is 5.08. The zero-order valence-electron chi connectivity index (χ0n) is 23.1. The summed E-state index contributed by atoms with van der Waals surface area (Å²) in [6.07, 6.45) is -1.08. The number of carbonyl (C=O) groups excluding carboxylic acids is 1. The number of halogens is 3. The van der Waals surface area contributed by atoms with Crippen LogP contribution < -0.4 is 10.9 Å². The molecule has 216 valence electrons. The first-order valence-corrected chi connectivity index (χ1v) is 14.4. The van der Waals surface area contributed by atoms with E-state index in [1.807, 2.05) is 30.3 Å². The van der Waals surface area contributed by atoms with Gasteiger partial charge in [-0.1, -0.05) is 66.4 Å². The van der Waals surface area contributed by atoms with E-state index in [2.05, 4.69) is 10.3 Å². The quantitative estimate of drug-likeness (QED) is 0.186. The van der Waals surface area contributed by atoms with Crippen molar-refractivity contribution >= 4 is 29.0 Å². The third-order valence-corrected chi connectivity index (χ3v) is 7.68. The first-order valence-electron chi connectivity index (χ1n) is 13.2. The summed E-state index contributed by atoms with van der Waals surface area (Å²) < 4.78 is 52.5. The fraction of sp³-hybridized carbons (Fsp3) is 0.367. The summed E-state index contributed by atoms with van der Waals surface area (Å²) in [7, 11) is 0. The Labute approximate surface area is 239 Å². The molecule has 2 heterocycles. The lowest BCUT2D eigenvalue weighted by atomic mass is 9.71. The van der Waals surface area contributed by atoms with Crippen molar-refractivity contribution < 1.29 is 27.1 Å².